The molecule has 8 heteroatoms. The van der Waals surface area contributed by atoms with Crippen molar-refractivity contribution in [3.63, 3.8) is 0 Å². The molecule has 176 valence electrons. The molecule has 0 aromatic carbocycles. The number of hydrogen-bond donors (Lipinski definition) is 3. The van der Waals surface area contributed by atoms with Crippen molar-refractivity contribution in [2.24, 2.45) is 11.8 Å². The SMILES string of the molecule is CCCNC(=O)[C@@H]1[C@H]2C(=O)N(CCCCO)C(C(=O)NC(C)(C)C)C23CC[C@@]1(CC)O3. The number of nitrogens with zero attached hydrogens (tertiary/aromatic N) is 1. The van der Waals surface area contributed by atoms with Crippen LogP contribution < -0.4 is 10.6 Å². The van der Waals surface area contributed by atoms with Gasteiger partial charge in [-0.2, -0.15) is 0 Å². The highest BCUT2D eigenvalue weighted by atomic mass is 16.5. The van der Waals surface area contributed by atoms with Gasteiger partial charge in [0.1, 0.15) is 11.6 Å². The number of likely N-dealkylation sites (tertiary alicyclic amines) is 1. The molecule has 3 fully saturated rings. The molecule has 0 aromatic rings. The van der Waals surface area contributed by atoms with Gasteiger partial charge in [0.05, 0.1) is 17.4 Å². The molecule has 2 unspecified atom stereocenters. The van der Waals surface area contributed by atoms with E-state index in [1.165, 1.54) is 0 Å². The van der Waals surface area contributed by atoms with Gasteiger partial charge in [0.2, 0.25) is 17.7 Å². The van der Waals surface area contributed by atoms with E-state index in [0.29, 0.717) is 45.2 Å². The molecule has 3 amide bonds. The number of amides is 3. The Morgan fingerprint density at radius 3 is 2.48 bits per heavy atom. The Morgan fingerprint density at radius 2 is 1.90 bits per heavy atom. The molecule has 0 aromatic heterocycles. The summed E-state index contributed by atoms with van der Waals surface area (Å²) in [6.45, 7) is 10.7. The number of aliphatic hydroxyl groups is 1. The molecule has 3 aliphatic heterocycles. The van der Waals surface area contributed by atoms with Gasteiger partial charge in [0, 0.05) is 25.2 Å². The molecule has 0 radical (unpaired) electrons. The lowest BCUT2D eigenvalue weighted by atomic mass is 9.65. The average Bonchev–Trinajstić information content (AvgIpc) is 3.29. The first kappa shape index (κ1) is 24.0. The number of nitrogens with one attached hydrogen (secondary N) is 2. The van der Waals surface area contributed by atoms with Gasteiger partial charge in [0.15, 0.2) is 0 Å². The van der Waals surface area contributed by atoms with E-state index in [1.54, 1.807) is 4.90 Å². The number of aliphatic hydroxyl groups excluding tert-OH is 1. The van der Waals surface area contributed by atoms with Gasteiger partial charge in [-0.05, 0) is 59.3 Å². The molecular weight excluding hydrogens is 398 g/mol. The lowest BCUT2D eigenvalue weighted by molar-refractivity contribution is -0.148. The maximum atomic E-state index is 13.7. The second-order valence-corrected chi connectivity index (χ2v) is 10.3. The van der Waals surface area contributed by atoms with E-state index in [2.05, 4.69) is 10.6 Å². The molecular formula is C23H39N3O5. The Bertz CT molecular complexity index is 720. The fourth-order valence-corrected chi connectivity index (χ4v) is 5.85. The predicted molar refractivity (Wildman–Crippen MR) is 116 cm³/mol. The smallest absolute Gasteiger partial charge is 0.246 e. The molecule has 3 aliphatic rings. The van der Waals surface area contributed by atoms with Crippen molar-refractivity contribution in [2.75, 3.05) is 19.7 Å². The molecule has 1 spiro atoms. The zero-order valence-electron chi connectivity index (χ0n) is 19.6. The molecule has 3 saturated heterocycles. The van der Waals surface area contributed by atoms with Gasteiger partial charge in [-0.3, -0.25) is 14.4 Å². The van der Waals surface area contributed by atoms with Crippen LogP contribution in [0.15, 0.2) is 0 Å². The normalized spacial score (nSPS) is 34.2. The number of carbonyl (C=O) groups is 3. The number of fused-ring (bicyclic) bond motifs is 1. The molecule has 0 saturated carbocycles. The summed E-state index contributed by atoms with van der Waals surface area (Å²) in [5, 5.41) is 15.2. The number of rotatable bonds is 9. The summed E-state index contributed by atoms with van der Waals surface area (Å²) in [7, 11) is 0. The molecule has 5 atom stereocenters. The second-order valence-electron chi connectivity index (χ2n) is 10.3. The third kappa shape index (κ3) is 3.97. The molecule has 0 aliphatic carbocycles. The number of ether oxygens (including phenoxy) is 1. The van der Waals surface area contributed by atoms with Crippen molar-refractivity contribution in [3.05, 3.63) is 0 Å². The zero-order chi connectivity index (χ0) is 23.0. The quantitative estimate of drug-likeness (QED) is 0.472. The molecule has 3 rings (SSSR count). The third-order valence-electron chi connectivity index (χ3n) is 7.07. The van der Waals surface area contributed by atoms with E-state index in [4.69, 9.17) is 4.74 Å². The number of carbonyl (C=O) groups excluding carboxylic acids is 3. The van der Waals surface area contributed by atoms with Crippen molar-refractivity contribution in [2.45, 2.75) is 95.9 Å². The second kappa shape index (κ2) is 8.70. The highest BCUT2D eigenvalue weighted by Crippen LogP contribution is 2.64. The Kier molecular flexibility index (Phi) is 6.73. The third-order valence-corrected chi connectivity index (χ3v) is 7.07. The summed E-state index contributed by atoms with van der Waals surface area (Å²) < 4.78 is 6.66. The lowest BCUT2D eigenvalue weighted by Gasteiger charge is -2.35. The number of hydrogen-bond acceptors (Lipinski definition) is 5. The Labute approximate surface area is 185 Å². The molecule has 3 heterocycles. The highest BCUT2D eigenvalue weighted by molar-refractivity contribution is 5.99. The van der Waals surface area contributed by atoms with Gasteiger partial charge in [-0.1, -0.05) is 13.8 Å². The Hall–Kier alpha value is -1.67. The van der Waals surface area contributed by atoms with Gasteiger partial charge >= 0.3 is 0 Å². The lowest BCUT2D eigenvalue weighted by Crippen LogP contribution is -2.58. The summed E-state index contributed by atoms with van der Waals surface area (Å²) in [6.07, 6.45) is 3.84. The van der Waals surface area contributed by atoms with Crippen LogP contribution in [0.5, 0.6) is 0 Å². The fourth-order valence-electron chi connectivity index (χ4n) is 5.85. The van der Waals surface area contributed by atoms with Crippen LogP contribution in [0.3, 0.4) is 0 Å². The van der Waals surface area contributed by atoms with Crippen LogP contribution >= 0.6 is 0 Å². The summed E-state index contributed by atoms with van der Waals surface area (Å²) >= 11 is 0. The van der Waals surface area contributed by atoms with Crippen LogP contribution in [0, 0.1) is 11.8 Å². The highest BCUT2D eigenvalue weighted by Gasteiger charge is 2.78. The summed E-state index contributed by atoms with van der Waals surface area (Å²) in [5.74, 6) is -1.77. The maximum Gasteiger partial charge on any atom is 0.246 e. The van der Waals surface area contributed by atoms with E-state index >= 15 is 0 Å². The van der Waals surface area contributed by atoms with Gasteiger partial charge in [-0.15, -0.1) is 0 Å². The van der Waals surface area contributed by atoms with Crippen LogP contribution in [0.2, 0.25) is 0 Å². The summed E-state index contributed by atoms with van der Waals surface area (Å²) in [4.78, 5) is 42.0. The standard InChI is InChI=1S/C23H39N3O5/c1-6-12-24-18(28)15-16-20(30)26(13-8-9-14-27)17(19(29)25-21(3,4)5)23(16)11-10-22(15,7-2)31-23/h15-17,27H,6-14H2,1-5H3,(H,24,28)(H,25,29)/t15-,16-,17?,22+,23?/m0/s1. The summed E-state index contributed by atoms with van der Waals surface area (Å²) in [5.41, 5.74) is -2.13. The van der Waals surface area contributed by atoms with Gasteiger partial charge in [0.25, 0.3) is 0 Å². The molecule has 3 N–H and O–H groups in total. The van der Waals surface area contributed by atoms with E-state index in [-0.39, 0.29) is 24.3 Å². The first-order valence-electron chi connectivity index (χ1n) is 11.8. The van der Waals surface area contributed by atoms with E-state index in [0.717, 1.165) is 6.42 Å². The van der Waals surface area contributed by atoms with Crippen molar-refractivity contribution < 1.29 is 24.2 Å². The van der Waals surface area contributed by atoms with Crippen LogP contribution in [-0.2, 0) is 19.1 Å². The van der Waals surface area contributed by atoms with Gasteiger partial charge in [-0.25, -0.2) is 0 Å². The minimum atomic E-state index is -0.976. The topological polar surface area (TPSA) is 108 Å². The van der Waals surface area contributed by atoms with E-state index < -0.39 is 34.6 Å². The monoisotopic (exact) mass is 437 g/mol. The minimum absolute atomic E-state index is 0.0347. The zero-order valence-corrected chi connectivity index (χ0v) is 19.6. The van der Waals surface area contributed by atoms with Gasteiger partial charge < -0.3 is 25.4 Å². The van der Waals surface area contributed by atoms with E-state index in [1.807, 2.05) is 34.6 Å². The maximum absolute atomic E-state index is 13.7. The van der Waals surface area contributed by atoms with Crippen molar-refractivity contribution in [1.29, 1.82) is 0 Å². The molecule has 31 heavy (non-hydrogen) atoms. The fraction of sp³-hybridized carbons (Fsp3) is 0.870. The molecule has 8 nitrogen and oxygen atoms in total. The van der Waals surface area contributed by atoms with Crippen molar-refractivity contribution in [1.82, 2.24) is 15.5 Å². The summed E-state index contributed by atoms with van der Waals surface area (Å²) in [6, 6.07) is -0.764. The predicted octanol–water partition coefficient (Wildman–Crippen LogP) is 1.35. The van der Waals surface area contributed by atoms with E-state index in [9.17, 15) is 19.5 Å². The van der Waals surface area contributed by atoms with Crippen LogP contribution in [0.25, 0.3) is 0 Å². The van der Waals surface area contributed by atoms with Crippen LogP contribution in [0.4, 0.5) is 0 Å². The Morgan fingerprint density at radius 1 is 1.19 bits per heavy atom. The Balaban J connectivity index is 2.01. The first-order chi connectivity index (χ1) is 14.6. The largest absolute Gasteiger partial charge is 0.396 e. The average molecular weight is 438 g/mol. The first-order valence-corrected chi connectivity index (χ1v) is 11.8. The van der Waals surface area contributed by atoms with Crippen LogP contribution in [-0.4, -0.2) is 70.2 Å². The minimum Gasteiger partial charge on any atom is -0.396 e. The number of unbranched alkanes of at least 4 members (excludes halogenated alkanes) is 1. The van der Waals surface area contributed by atoms with Crippen LogP contribution in [0.1, 0.15) is 73.1 Å². The van der Waals surface area contributed by atoms with Crippen molar-refractivity contribution in [3.8, 4) is 0 Å². The molecule has 2 bridgehead atoms. The van der Waals surface area contributed by atoms with Crippen molar-refractivity contribution >= 4 is 17.7 Å².